The van der Waals surface area contributed by atoms with E-state index in [2.05, 4.69) is 62.2 Å². The second-order valence-electron chi connectivity index (χ2n) is 5.36. The van der Waals surface area contributed by atoms with Crippen molar-refractivity contribution in [2.45, 2.75) is 40.3 Å². The summed E-state index contributed by atoms with van der Waals surface area (Å²) in [7, 11) is 0. The van der Waals surface area contributed by atoms with Crippen LogP contribution in [0.25, 0.3) is 10.8 Å². The molecule has 108 valence electrons. The summed E-state index contributed by atoms with van der Waals surface area (Å²) in [5.41, 5.74) is 1.27. The fraction of sp³-hybridized carbons (Fsp3) is 0.471. The Labute approximate surface area is 122 Å². The minimum atomic E-state index is 0.483. The highest BCUT2D eigenvalue weighted by atomic mass is 15.2. The summed E-state index contributed by atoms with van der Waals surface area (Å²) in [5.74, 6) is 1.10. The van der Waals surface area contributed by atoms with Gasteiger partial charge in [-0.05, 0) is 24.8 Å². The Morgan fingerprint density at radius 2 is 1.75 bits per heavy atom. The first kappa shape index (κ1) is 14.8. The zero-order valence-electron chi connectivity index (χ0n) is 13.0. The number of hydrogen-bond donors (Lipinski definition) is 1. The van der Waals surface area contributed by atoms with E-state index in [4.69, 9.17) is 4.98 Å². The van der Waals surface area contributed by atoms with Gasteiger partial charge in [0.25, 0.3) is 0 Å². The van der Waals surface area contributed by atoms with Gasteiger partial charge in [0, 0.05) is 37.3 Å². The molecule has 1 aromatic carbocycles. The van der Waals surface area contributed by atoms with E-state index < -0.39 is 0 Å². The van der Waals surface area contributed by atoms with Crippen molar-refractivity contribution in [2.75, 3.05) is 18.0 Å². The fourth-order valence-corrected chi connectivity index (χ4v) is 2.47. The Hall–Kier alpha value is -1.61. The van der Waals surface area contributed by atoms with Gasteiger partial charge in [-0.2, -0.15) is 0 Å². The van der Waals surface area contributed by atoms with Crippen molar-refractivity contribution >= 4 is 16.6 Å². The van der Waals surface area contributed by atoms with E-state index in [1.54, 1.807) is 0 Å². The number of aromatic nitrogens is 1. The zero-order chi connectivity index (χ0) is 14.5. The third-order valence-electron chi connectivity index (χ3n) is 3.62. The Morgan fingerprint density at radius 3 is 2.35 bits per heavy atom. The van der Waals surface area contributed by atoms with Gasteiger partial charge >= 0.3 is 0 Å². The molecule has 0 bridgehead atoms. The average molecular weight is 271 g/mol. The third-order valence-corrected chi connectivity index (χ3v) is 3.62. The lowest BCUT2D eigenvalue weighted by Gasteiger charge is -2.22. The van der Waals surface area contributed by atoms with Crippen LogP contribution in [-0.4, -0.2) is 24.1 Å². The van der Waals surface area contributed by atoms with E-state index in [9.17, 15) is 0 Å². The lowest BCUT2D eigenvalue weighted by Crippen LogP contribution is -2.24. The molecule has 0 atom stereocenters. The lowest BCUT2D eigenvalue weighted by molar-refractivity contribution is 0.590. The fourth-order valence-electron chi connectivity index (χ4n) is 2.47. The summed E-state index contributed by atoms with van der Waals surface area (Å²) in [6.07, 6.45) is 2.02. The van der Waals surface area contributed by atoms with Gasteiger partial charge in [0.05, 0.1) is 0 Å². The largest absolute Gasteiger partial charge is 0.357 e. The van der Waals surface area contributed by atoms with Crippen molar-refractivity contribution < 1.29 is 0 Å². The maximum absolute atomic E-state index is 4.71. The van der Waals surface area contributed by atoms with E-state index in [0.29, 0.717) is 6.04 Å². The number of pyridine rings is 1. The normalized spacial score (nSPS) is 11.2. The molecule has 0 spiro atoms. The van der Waals surface area contributed by atoms with E-state index >= 15 is 0 Å². The molecule has 0 amide bonds. The molecule has 0 radical (unpaired) electrons. The molecular formula is C17H25N3. The first-order valence-electron chi connectivity index (χ1n) is 7.52. The topological polar surface area (TPSA) is 28.2 Å². The molecule has 0 aliphatic rings. The summed E-state index contributed by atoms with van der Waals surface area (Å²) in [6.45, 7) is 11.5. The Morgan fingerprint density at radius 1 is 1.10 bits per heavy atom. The molecule has 0 aliphatic carbocycles. The van der Waals surface area contributed by atoms with Crippen LogP contribution in [0.4, 0.5) is 5.82 Å². The number of rotatable bonds is 6. The van der Waals surface area contributed by atoms with Crippen molar-refractivity contribution in [3.8, 4) is 0 Å². The van der Waals surface area contributed by atoms with Gasteiger partial charge in [-0.3, -0.25) is 0 Å². The lowest BCUT2D eigenvalue weighted by atomic mass is 10.1. The monoisotopic (exact) mass is 271 g/mol. The first-order valence-corrected chi connectivity index (χ1v) is 7.52. The van der Waals surface area contributed by atoms with E-state index in [1.165, 1.54) is 16.3 Å². The number of benzene rings is 1. The molecule has 1 aromatic heterocycles. The second-order valence-corrected chi connectivity index (χ2v) is 5.36. The van der Waals surface area contributed by atoms with Crippen LogP contribution in [0.3, 0.4) is 0 Å². The molecule has 0 aliphatic heterocycles. The Bertz CT molecular complexity index is 559. The number of hydrogen-bond acceptors (Lipinski definition) is 3. The van der Waals surface area contributed by atoms with Crippen molar-refractivity contribution in [3.05, 3.63) is 36.0 Å². The second kappa shape index (κ2) is 6.71. The maximum atomic E-state index is 4.71. The predicted molar refractivity (Wildman–Crippen MR) is 87.3 cm³/mol. The summed E-state index contributed by atoms with van der Waals surface area (Å²) >= 11 is 0. The molecule has 20 heavy (non-hydrogen) atoms. The zero-order valence-corrected chi connectivity index (χ0v) is 13.0. The van der Waals surface area contributed by atoms with Crippen LogP contribution >= 0.6 is 0 Å². The molecule has 2 aromatic rings. The van der Waals surface area contributed by atoms with Gasteiger partial charge < -0.3 is 10.2 Å². The summed E-state index contributed by atoms with van der Waals surface area (Å²) in [6, 6.07) is 9.05. The highest BCUT2D eigenvalue weighted by Gasteiger charge is 2.11. The van der Waals surface area contributed by atoms with Crippen molar-refractivity contribution in [1.29, 1.82) is 0 Å². The van der Waals surface area contributed by atoms with Crippen LogP contribution in [0.2, 0.25) is 0 Å². The van der Waals surface area contributed by atoms with Gasteiger partial charge in [-0.1, -0.05) is 38.1 Å². The standard InChI is InChI=1S/C17H25N3/c1-5-20(6-2)17-16-10-8-7-9-15(16)14(12-19-17)11-18-13(3)4/h7-10,12-13,18H,5-6,11H2,1-4H3. The first-order chi connectivity index (χ1) is 9.67. The molecule has 0 fully saturated rings. The van der Waals surface area contributed by atoms with Gasteiger partial charge in [0.2, 0.25) is 0 Å². The van der Waals surface area contributed by atoms with Gasteiger partial charge in [0.1, 0.15) is 5.82 Å². The van der Waals surface area contributed by atoms with Crippen molar-refractivity contribution in [3.63, 3.8) is 0 Å². The highest BCUT2D eigenvalue weighted by molar-refractivity contribution is 5.94. The van der Waals surface area contributed by atoms with E-state index in [0.717, 1.165) is 25.5 Å². The maximum Gasteiger partial charge on any atom is 0.136 e. The van der Waals surface area contributed by atoms with Crippen LogP contribution in [0, 0.1) is 0 Å². The molecule has 0 saturated carbocycles. The SMILES string of the molecule is CCN(CC)c1ncc(CNC(C)C)c2ccccc12. The number of nitrogens with zero attached hydrogens (tertiary/aromatic N) is 2. The number of anilines is 1. The molecule has 2 rings (SSSR count). The van der Waals surface area contributed by atoms with Crippen LogP contribution in [0.5, 0.6) is 0 Å². The van der Waals surface area contributed by atoms with Crippen LogP contribution < -0.4 is 10.2 Å². The number of nitrogens with one attached hydrogen (secondary N) is 1. The van der Waals surface area contributed by atoms with Gasteiger partial charge in [0.15, 0.2) is 0 Å². The Balaban J connectivity index is 2.46. The third kappa shape index (κ3) is 3.10. The van der Waals surface area contributed by atoms with Crippen LogP contribution in [0.15, 0.2) is 30.5 Å². The predicted octanol–water partition coefficient (Wildman–Crippen LogP) is 3.58. The summed E-state index contributed by atoms with van der Waals surface area (Å²) in [4.78, 5) is 7.02. The minimum absolute atomic E-state index is 0.483. The highest BCUT2D eigenvalue weighted by Crippen LogP contribution is 2.27. The molecule has 1 N–H and O–H groups in total. The summed E-state index contributed by atoms with van der Waals surface area (Å²) < 4.78 is 0. The summed E-state index contributed by atoms with van der Waals surface area (Å²) in [5, 5.41) is 6.03. The molecule has 3 nitrogen and oxygen atoms in total. The van der Waals surface area contributed by atoms with E-state index in [-0.39, 0.29) is 0 Å². The molecule has 0 unspecified atom stereocenters. The molecule has 3 heteroatoms. The minimum Gasteiger partial charge on any atom is -0.357 e. The van der Waals surface area contributed by atoms with Crippen LogP contribution in [-0.2, 0) is 6.54 Å². The molecule has 1 heterocycles. The van der Waals surface area contributed by atoms with Gasteiger partial charge in [-0.15, -0.1) is 0 Å². The number of fused-ring (bicyclic) bond motifs is 1. The van der Waals surface area contributed by atoms with Gasteiger partial charge in [-0.25, -0.2) is 4.98 Å². The molecule has 0 saturated heterocycles. The molecular weight excluding hydrogens is 246 g/mol. The van der Waals surface area contributed by atoms with Crippen LogP contribution in [0.1, 0.15) is 33.3 Å². The average Bonchev–Trinajstić information content (AvgIpc) is 2.47. The Kier molecular flexibility index (Phi) is 4.96. The van der Waals surface area contributed by atoms with Crippen molar-refractivity contribution in [2.24, 2.45) is 0 Å². The quantitative estimate of drug-likeness (QED) is 0.870. The van der Waals surface area contributed by atoms with E-state index in [1.807, 2.05) is 6.20 Å². The smallest absolute Gasteiger partial charge is 0.136 e. The van der Waals surface area contributed by atoms with Crippen molar-refractivity contribution in [1.82, 2.24) is 10.3 Å².